The zero-order valence-corrected chi connectivity index (χ0v) is 14.3. The van der Waals surface area contributed by atoms with Gasteiger partial charge in [-0.05, 0) is 45.8 Å². The molecule has 1 aliphatic heterocycles. The van der Waals surface area contributed by atoms with Crippen LogP contribution in [-0.2, 0) is 6.54 Å². The molecule has 0 radical (unpaired) electrons. The summed E-state index contributed by atoms with van der Waals surface area (Å²) in [4.78, 5) is 17.0. The summed E-state index contributed by atoms with van der Waals surface area (Å²) in [6, 6.07) is 10.2. The van der Waals surface area contributed by atoms with Crippen LogP contribution >= 0.6 is 15.9 Å². The Kier molecular flexibility index (Phi) is 4.01. The Bertz CT molecular complexity index is 807. The van der Waals surface area contributed by atoms with E-state index in [0.29, 0.717) is 0 Å². The number of nitrogens with zero attached hydrogens (tertiary/aromatic N) is 4. The highest BCUT2D eigenvalue weighted by atomic mass is 79.9. The van der Waals surface area contributed by atoms with Crippen LogP contribution in [-0.4, -0.2) is 46.0 Å². The van der Waals surface area contributed by atoms with Gasteiger partial charge < -0.3 is 9.88 Å². The minimum Gasteiger partial charge on any atom is -0.354 e. The van der Waals surface area contributed by atoms with Crippen molar-refractivity contribution in [3.8, 4) is 0 Å². The smallest absolute Gasteiger partial charge is 0.137 e. The number of aromatic amines is 1. The fraction of sp³-hybridized carbons (Fsp3) is 0.294. The molecule has 5 nitrogen and oxygen atoms in total. The molecule has 6 heteroatoms. The average molecular weight is 372 g/mol. The fourth-order valence-electron chi connectivity index (χ4n) is 3.09. The SMILES string of the molecule is Brc1cccc(N2CCN(Cc3c[nH]c4ncccc34)CC2)n1. The molecule has 0 bridgehead atoms. The van der Waals surface area contributed by atoms with Gasteiger partial charge >= 0.3 is 0 Å². The molecule has 1 aliphatic rings. The van der Waals surface area contributed by atoms with Crippen molar-refractivity contribution in [3.05, 3.63) is 52.9 Å². The van der Waals surface area contributed by atoms with Crippen molar-refractivity contribution >= 4 is 32.8 Å². The predicted molar refractivity (Wildman–Crippen MR) is 95.5 cm³/mol. The van der Waals surface area contributed by atoms with Gasteiger partial charge in [-0.3, -0.25) is 4.90 Å². The first-order valence-electron chi connectivity index (χ1n) is 7.80. The summed E-state index contributed by atoms with van der Waals surface area (Å²) in [5.41, 5.74) is 2.29. The number of halogens is 1. The number of piperazine rings is 1. The summed E-state index contributed by atoms with van der Waals surface area (Å²) >= 11 is 3.45. The number of pyridine rings is 2. The number of anilines is 1. The van der Waals surface area contributed by atoms with Gasteiger partial charge in [-0.25, -0.2) is 9.97 Å². The Hall–Kier alpha value is -1.92. The Labute approximate surface area is 143 Å². The van der Waals surface area contributed by atoms with Gasteiger partial charge in [-0.1, -0.05) is 6.07 Å². The lowest BCUT2D eigenvalue weighted by Gasteiger charge is -2.35. The number of hydrogen-bond donors (Lipinski definition) is 1. The average Bonchev–Trinajstić information content (AvgIpc) is 2.99. The van der Waals surface area contributed by atoms with E-state index in [1.807, 2.05) is 24.4 Å². The Morgan fingerprint density at radius 1 is 1.09 bits per heavy atom. The Morgan fingerprint density at radius 3 is 2.78 bits per heavy atom. The molecule has 1 fully saturated rings. The lowest BCUT2D eigenvalue weighted by atomic mass is 10.2. The second kappa shape index (κ2) is 6.29. The van der Waals surface area contributed by atoms with Gasteiger partial charge in [0, 0.05) is 50.5 Å². The molecule has 4 rings (SSSR count). The zero-order chi connectivity index (χ0) is 15.6. The maximum atomic E-state index is 4.55. The Balaban J connectivity index is 1.42. The summed E-state index contributed by atoms with van der Waals surface area (Å²) in [5, 5.41) is 1.23. The van der Waals surface area contributed by atoms with E-state index >= 15 is 0 Å². The highest BCUT2D eigenvalue weighted by molar-refractivity contribution is 9.10. The quantitative estimate of drug-likeness (QED) is 0.718. The Morgan fingerprint density at radius 2 is 1.96 bits per heavy atom. The number of H-pyrrole nitrogens is 1. The van der Waals surface area contributed by atoms with Crippen molar-refractivity contribution in [2.75, 3.05) is 31.1 Å². The van der Waals surface area contributed by atoms with Gasteiger partial charge in [-0.2, -0.15) is 0 Å². The number of rotatable bonds is 3. The lowest BCUT2D eigenvalue weighted by molar-refractivity contribution is 0.250. The third kappa shape index (κ3) is 3.09. The molecule has 0 unspecified atom stereocenters. The lowest BCUT2D eigenvalue weighted by Crippen LogP contribution is -2.46. The van der Waals surface area contributed by atoms with E-state index in [-0.39, 0.29) is 0 Å². The highest BCUT2D eigenvalue weighted by Crippen LogP contribution is 2.20. The van der Waals surface area contributed by atoms with Crippen LogP contribution in [0.2, 0.25) is 0 Å². The minimum absolute atomic E-state index is 0.892. The van der Waals surface area contributed by atoms with Crippen LogP contribution in [0.3, 0.4) is 0 Å². The zero-order valence-electron chi connectivity index (χ0n) is 12.7. The third-order valence-electron chi connectivity index (χ3n) is 4.33. The van der Waals surface area contributed by atoms with E-state index in [0.717, 1.165) is 48.8 Å². The van der Waals surface area contributed by atoms with Crippen LogP contribution in [0.4, 0.5) is 5.82 Å². The van der Waals surface area contributed by atoms with Crippen LogP contribution in [0.5, 0.6) is 0 Å². The first-order valence-corrected chi connectivity index (χ1v) is 8.60. The van der Waals surface area contributed by atoms with Crippen LogP contribution < -0.4 is 4.90 Å². The van der Waals surface area contributed by atoms with Crippen molar-refractivity contribution < 1.29 is 0 Å². The van der Waals surface area contributed by atoms with Crippen molar-refractivity contribution in [1.82, 2.24) is 19.9 Å². The van der Waals surface area contributed by atoms with Gasteiger partial charge in [0.15, 0.2) is 0 Å². The van der Waals surface area contributed by atoms with Gasteiger partial charge in [0.1, 0.15) is 16.1 Å². The normalized spacial score (nSPS) is 16.1. The van der Waals surface area contributed by atoms with E-state index in [1.165, 1.54) is 10.9 Å². The van der Waals surface area contributed by atoms with E-state index in [1.54, 1.807) is 0 Å². The molecule has 4 heterocycles. The molecule has 3 aromatic heterocycles. The molecule has 0 spiro atoms. The topological polar surface area (TPSA) is 48.0 Å². The minimum atomic E-state index is 0.892. The van der Waals surface area contributed by atoms with Crippen LogP contribution in [0, 0.1) is 0 Å². The summed E-state index contributed by atoms with van der Waals surface area (Å²) in [7, 11) is 0. The van der Waals surface area contributed by atoms with E-state index in [9.17, 15) is 0 Å². The molecule has 23 heavy (non-hydrogen) atoms. The molecule has 0 aromatic carbocycles. The van der Waals surface area contributed by atoms with Crippen molar-refractivity contribution in [3.63, 3.8) is 0 Å². The number of nitrogens with one attached hydrogen (secondary N) is 1. The van der Waals surface area contributed by atoms with E-state index in [4.69, 9.17) is 0 Å². The molecule has 0 atom stereocenters. The molecule has 1 saturated heterocycles. The largest absolute Gasteiger partial charge is 0.354 e. The second-order valence-corrected chi connectivity index (χ2v) is 6.61. The van der Waals surface area contributed by atoms with Crippen LogP contribution in [0.1, 0.15) is 5.56 Å². The third-order valence-corrected chi connectivity index (χ3v) is 4.77. The highest BCUT2D eigenvalue weighted by Gasteiger charge is 2.19. The molecule has 118 valence electrons. The maximum absolute atomic E-state index is 4.55. The van der Waals surface area contributed by atoms with E-state index in [2.05, 4.69) is 59.0 Å². The molecule has 0 amide bonds. The van der Waals surface area contributed by atoms with Crippen molar-refractivity contribution in [2.45, 2.75) is 6.54 Å². The van der Waals surface area contributed by atoms with E-state index < -0.39 is 0 Å². The summed E-state index contributed by atoms with van der Waals surface area (Å²) < 4.78 is 0.892. The number of hydrogen-bond acceptors (Lipinski definition) is 4. The van der Waals surface area contributed by atoms with Crippen LogP contribution in [0.25, 0.3) is 11.0 Å². The van der Waals surface area contributed by atoms with Gasteiger partial charge in [0.25, 0.3) is 0 Å². The van der Waals surface area contributed by atoms with Gasteiger partial charge in [-0.15, -0.1) is 0 Å². The first-order chi connectivity index (χ1) is 11.3. The summed E-state index contributed by atoms with van der Waals surface area (Å²) in [6.07, 6.45) is 3.91. The number of fused-ring (bicyclic) bond motifs is 1. The number of aromatic nitrogens is 3. The van der Waals surface area contributed by atoms with Crippen molar-refractivity contribution in [1.29, 1.82) is 0 Å². The molecule has 0 saturated carbocycles. The summed E-state index contributed by atoms with van der Waals surface area (Å²) in [5.74, 6) is 1.05. The molecular weight excluding hydrogens is 354 g/mol. The molecule has 0 aliphatic carbocycles. The van der Waals surface area contributed by atoms with Gasteiger partial charge in [0.05, 0.1) is 0 Å². The monoisotopic (exact) mass is 371 g/mol. The maximum Gasteiger partial charge on any atom is 0.137 e. The van der Waals surface area contributed by atoms with Crippen LogP contribution in [0.15, 0.2) is 47.3 Å². The fourth-order valence-corrected chi connectivity index (χ4v) is 3.43. The molecule has 1 N–H and O–H groups in total. The molecular formula is C17H18BrN5. The summed E-state index contributed by atoms with van der Waals surface area (Å²) in [6.45, 7) is 5.06. The first kappa shape index (κ1) is 14.7. The standard InChI is InChI=1S/C17H18BrN5/c18-15-4-1-5-16(21-15)23-9-7-22(8-10-23)12-13-11-20-17-14(13)3-2-6-19-17/h1-6,11H,7-10,12H2,(H,19,20). The van der Waals surface area contributed by atoms with Crippen molar-refractivity contribution in [2.24, 2.45) is 0 Å². The molecule has 3 aromatic rings. The van der Waals surface area contributed by atoms with Gasteiger partial charge in [0.2, 0.25) is 0 Å². The second-order valence-electron chi connectivity index (χ2n) is 5.80. The predicted octanol–water partition coefficient (Wildman–Crippen LogP) is 3.04.